The Morgan fingerprint density at radius 3 is 2.80 bits per heavy atom. The third-order valence-electron chi connectivity index (χ3n) is 3.76. The molecule has 1 aromatic carbocycles. The van der Waals surface area contributed by atoms with Crippen LogP contribution in [0.2, 0.25) is 0 Å². The monoisotopic (exact) mass is 341 g/mol. The number of aromatic nitrogens is 2. The summed E-state index contributed by atoms with van der Waals surface area (Å²) < 4.78 is 7.36. The van der Waals surface area contributed by atoms with Crippen LogP contribution in [0.4, 0.5) is 0 Å². The molecule has 0 saturated heterocycles. The van der Waals surface area contributed by atoms with Gasteiger partial charge < -0.3 is 10.1 Å². The zero-order valence-electron chi connectivity index (χ0n) is 15.3. The van der Waals surface area contributed by atoms with Crippen molar-refractivity contribution < 1.29 is 9.53 Å². The number of nitrogens with zero attached hydrogens (tertiary/aromatic N) is 2. The Balaban J connectivity index is 1.82. The number of hydrogen-bond donors (Lipinski definition) is 1. The number of carbonyl (C=O) groups excluding carboxylic acids is 1. The molecular weight excluding hydrogens is 314 g/mol. The van der Waals surface area contributed by atoms with E-state index < -0.39 is 0 Å². The van der Waals surface area contributed by atoms with Gasteiger partial charge in [0.1, 0.15) is 11.4 Å². The van der Waals surface area contributed by atoms with Gasteiger partial charge in [-0.1, -0.05) is 37.6 Å². The van der Waals surface area contributed by atoms with Gasteiger partial charge in [0.2, 0.25) is 0 Å². The average molecular weight is 341 g/mol. The molecule has 0 unspecified atom stereocenters. The van der Waals surface area contributed by atoms with E-state index in [1.807, 2.05) is 31.2 Å². The van der Waals surface area contributed by atoms with Gasteiger partial charge in [0.05, 0.1) is 12.3 Å². The van der Waals surface area contributed by atoms with E-state index in [0.29, 0.717) is 18.8 Å². The third kappa shape index (κ3) is 6.10. The minimum atomic E-state index is -0.129. The van der Waals surface area contributed by atoms with Crippen molar-refractivity contribution in [3.05, 3.63) is 59.4 Å². The number of hydrogen-bond acceptors (Lipinski definition) is 3. The molecule has 0 spiro atoms. The lowest BCUT2D eigenvalue weighted by Gasteiger charge is -2.08. The highest BCUT2D eigenvalue weighted by atomic mass is 16.5. The standard InChI is InChI=1S/C20H27N3O2/c1-4-5-6-7-8-12-25-18-11-9-10-17(14-18)15-21-20(24)19-13-16(2)22-23(19)3/h6-7,9-11,13-14H,4-5,8,12,15H2,1-3H3,(H,21,24). The van der Waals surface area contributed by atoms with Crippen molar-refractivity contribution in [1.29, 1.82) is 0 Å². The molecule has 0 aliphatic rings. The number of carbonyl (C=O) groups is 1. The summed E-state index contributed by atoms with van der Waals surface area (Å²) in [4.78, 5) is 12.2. The fourth-order valence-corrected chi connectivity index (χ4v) is 2.49. The summed E-state index contributed by atoms with van der Waals surface area (Å²) in [6.45, 7) is 5.15. The molecule has 2 rings (SSSR count). The minimum Gasteiger partial charge on any atom is -0.493 e. The maximum Gasteiger partial charge on any atom is 0.269 e. The van der Waals surface area contributed by atoms with Gasteiger partial charge in [0.25, 0.3) is 5.91 Å². The van der Waals surface area contributed by atoms with Crippen molar-refractivity contribution in [2.75, 3.05) is 6.61 Å². The average Bonchev–Trinajstić information content (AvgIpc) is 2.94. The van der Waals surface area contributed by atoms with E-state index in [0.717, 1.165) is 29.8 Å². The van der Waals surface area contributed by atoms with Crippen LogP contribution >= 0.6 is 0 Å². The van der Waals surface area contributed by atoms with Gasteiger partial charge >= 0.3 is 0 Å². The largest absolute Gasteiger partial charge is 0.493 e. The molecule has 0 saturated carbocycles. The number of amides is 1. The number of aryl methyl sites for hydroxylation is 2. The zero-order chi connectivity index (χ0) is 18.1. The van der Waals surface area contributed by atoms with Crippen LogP contribution < -0.4 is 10.1 Å². The number of ether oxygens (including phenoxy) is 1. The van der Waals surface area contributed by atoms with Crippen LogP contribution in [0, 0.1) is 6.92 Å². The first-order valence-corrected chi connectivity index (χ1v) is 8.75. The van der Waals surface area contributed by atoms with E-state index >= 15 is 0 Å². The maximum absolute atomic E-state index is 12.2. The Kier molecular flexibility index (Phi) is 7.26. The van der Waals surface area contributed by atoms with Gasteiger partial charge in [0, 0.05) is 13.6 Å². The van der Waals surface area contributed by atoms with Crippen LogP contribution in [0.3, 0.4) is 0 Å². The smallest absolute Gasteiger partial charge is 0.269 e. The number of unbranched alkanes of at least 4 members (excludes halogenated alkanes) is 1. The number of nitrogens with one attached hydrogen (secondary N) is 1. The summed E-state index contributed by atoms with van der Waals surface area (Å²) in [5.41, 5.74) is 2.39. The fourth-order valence-electron chi connectivity index (χ4n) is 2.49. The lowest BCUT2D eigenvalue weighted by molar-refractivity contribution is 0.0941. The molecule has 0 radical (unpaired) electrons. The summed E-state index contributed by atoms with van der Waals surface area (Å²) in [6.07, 6.45) is 7.54. The Bertz CT molecular complexity index is 719. The first-order valence-electron chi connectivity index (χ1n) is 8.75. The fraction of sp³-hybridized carbons (Fsp3) is 0.400. The Labute approximate surface area is 149 Å². The van der Waals surface area contributed by atoms with Crippen LogP contribution in [0.1, 0.15) is 47.9 Å². The van der Waals surface area contributed by atoms with E-state index in [-0.39, 0.29) is 5.91 Å². The molecule has 0 bridgehead atoms. The number of allylic oxidation sites excluding steroid dienone is 1. The molecule has 25 heavy (non-hydrogen) atoms. The van der Waals surface area contributed by atoms with Crippen LogP contribution in [0.25, 0.3) is 0 Å². The molecular formula is C20H27N3O2. The molecule has 0 aliphatic heterocycles. The van der Waals surface area contributed by atoms with Crippen molar-refractivity contribution >= 4 is 5.91 Å². The number of benzene rings is 1. The normalized spacial score (nSPS) is 11.0. The van der Waals surface area contributed by atoms with Crippen LogP contribution in [0.5, 0.6) is 5.75 Å². The Hall–Kier alpha value is -2.56. The second-order valence-electron chi connectivity index (χ2n) is 6.02. The third-order valence-corrected chi connectivity index (χ3v) is 3.76. The van der Waals surface area contributed by atoms with Gasteiger partial charge in [0.15, 0.2) is 0 Å². The van der Waals surface area contributed by atoms with Gasteiger partial charge in [-0.05, 0) is 43.5 Å². The van der Waals surface area contributed by atoms with E-state index in [1.54, 1.807) is 17.8 Å². The number of rotatable bonds is 9. The second-order valence-corrected chi connectivity index (χ2v) is 6.02. The molecule has 0 atom stereocenters. The topological polar surface area (TPSA) is 56.1 Å². The van der Waals surface area contributed by atoms with E-state index in [4.69, 9.17) is 4.74 Å². The lowest BCUT2D eigenvalue weighted by atomic mass is 10.2. The first kappa shape index (κ1) is 18.8. The molecule has 5 nitrogen and oxygen atoms in total. The molecule has 1 amide bonds. The zero-order valence-corrected chi connectivity index (χ0v) is 15.3. The van der Waals surface area contributed by atoms with E-state index in [2.05, 4.69) is 29.5 Å². The predicted octanol–water partition coefficient (Wildman–Crippen LogP) is 3.78. The summed E-state index contributed by atoms with van der Waals surface area (Å²) in [5.74, 6) is 0.697. The lowest BCUT2D eigenvalue weighted by Crippen LogP contribution is -2.25. The SMILES string of the molecule is CCCC=CCCOc1cccc(CNC(=O)c2cc(C)nn2C)c1. The Morgan fingerprint density at radius 2 is 2.08 bits per heavy atom. The highest BCUT2D eigenvalue weighted by Gasteiger charge is 2.11. The Morgan fingerprint density at radius 1 is 1.28 bits per heavy atom. The first-order chi connectivity index (χ1) is 12.1. The summed E-state index contributed by atoms with van der Waals surface area (Å²) >= 11 is 0. The molecule has 1 N–H and O–H groups in total. The molecule has 2 aromatic rings. The van der Waals surface area contributed by atoms with Crippen molar-refractivity contribution in [2.24, 2.45) is 7.05 Å². The highest BCUT2D eigenvalue weighted by Crippen LogP contribution is 2.14. The van der Waals surface area contributed by atoms with Crippen molar-refractivity contribution in [2.45, 2.75) is 39.7 Å². The van der Waals surface area contributed by atoms with E-state index in [9.17, 15) is 4.79 Å². The molecule has 0 aliphatic carbocycles. The van der Waals surface area contributed by atoms with Crippen molar-refractivity contribution in [1.82, 2.24) is 15.1 Å². The van der Waals surface area contributed by atoms with Crippen LogP contribution in [-0.4, -0.2) is 22.3 Å². The summed E-state index contributed by atoms with van der Waals surface area (Å²) in [5, 5.41) is 7.11. The van der Waals surface area contributed by atoms with Crippen molar-refractivity contribution in [3.63, 3.8) is 0 Å². The molecule has 1 heterocycles. The quantitative estimate of drug-likeness (QED) is 0.558. The predicted molar refractivity (Wildman–Crippen MR) is 99.7 cm³/mol. The minimum absolute atomic E-state index is 0.129. The highest BCUT2D eigenvalue weighted by molar-refractivity contribution is 5.92. The van der Waals surface area contributed by atoms with Gasteiger partial charge in [-0.2, -0.15) is 5.10 Å². The van der Waals surface area contributed by atoms with Gasteiger partial charge in [-0.3, -0.25) is 9.48 Å². The van der Waals surface area contributed by atoms with Crippen LogP contribution in [0.15, 0.2) is 42.5 Å². The molecule has 0 fully saturated rings. The van der Waals surface area contributed by atoms with Crippen molar-refractivity contribution in [3.8, 4) is 5.75 Å². The molecule has 134 valence electrons. The van der Waals surface area contributed by atoms with Gasteiger partial charge in [-0.15, -0.1) is 0 Å². The van der Waals surface area contributed by atoms with Gasteiger partial charge in [-0.25, -0.2) is 0 Å². The molecule has 5 heteroatoms. The van der Waals surface area contributed by atoms with E-state index in [1.165, 1.54) is 6.42 Å². The summed E-state index contributed by atoms with van der Waals surface area (Å²) in [6, 6.07) is 9.60. The second kappa shape index (κ2) is 9.67. The van der Waals surface area contributed by atoms with Crippen LogP contribution in [-0.2, 0) is 13.6 Å². The molecule has 1 aromatic heterocycles. The summed E-state index contributed by atoms with van der Waals surface area (Å²) in [7, 11) is 1.77. The maximum atomic E-state index is 12.2.